The van der Waals surface area contributed by atoms with Crippen LogP contribution in [0, 0.1) is 0 Å². The third-order valence-electron chi connectivity index (χ3n) is 4.64. The molecule has 0 aliphatic heterocycles. The van der Waals surface area contributed by atoms with Crippen LogP contribution in [0.2, 0.25) is 0 Å². The molecule has 0 fully saturated rings. The quantitative estimate of drug-likeness (QED) is 0.554. The van der Waals surface area contributed by atoms with Crippen molar-refractivity contribution < 1.29 is 16.8 Å². The highest BCUT2D eigenvalue weighted by molar-refractivity contribution is 7.93. The molecule has 0 spiro atoms. The van der Waals surface area contributed by atoms with E-state index < -0.39 is 25.1 Å². The van der Waals surface area contributed by atoms with Crippen molar-refractivity contribution in [2.75, 3.05) is 6.54 Å². The highest BCUT2D eigenvalue weighted by atomic mass is 32.2. The third-order valence-corrected chi connectivity index (χ3v) is 9.61. The van der Waals surface area contributed by atoms with Gasteiger partial charge in [-0.25, -0.2) is 21.6 Å². The van der Waals surface area contributed by atoms with Gasteiger partial charge in [0.15, 0.2) is 9.84 Å². The smallest absolute Gasteiger partial charge is 0.222 e. The summed E-state index contributed by atoms with van der Waals surface area (Å²) in [5.41, 5.74) is 1.57. The summed E-state index contributed by atoms with van der Waals surface area (Å²) < 4.78 is 54.5. The first-order valence-electron chi connectivity index (χ1n) is 9.14. The minimum Gasteiger partial charge on any atom is -0.222 e. The SMILES string of the molecule is CC(C)c1ccc(S(=O)(=O)NC[C@H](c2ccccc2)S(=O)(=O)c2cccs2)cc1. The molecule has 0 aliphatic rings. The minimum atomic E-state index is -3.85. The molecule has 0 radical (unpaired) electrons. The number of rotatable bonds is 8. The Balaban J connectivity index is 1.89. The molecule has 1 heterocycles. The van der Waals surface area contributed by atoms with Gasteiger partial charge in [0.2, 0.25) is 10.0 Å². The average Bonchev–Trinajstić information content (AvgIpc) is 3.24. The lowest BCUT2D eigenvalue weighted by Crippen LogP contribution is -2.31. The van der Waals surface area contributed by atoms with Gasteiger partial charge in [0.25, 0.3) is 0 Å². The van der Waals surface area contributed by atoms with Crippen LogP contribution < -0.4 is 4.72 Å². The molecular weight excluding hydrogens is 426 g/mol. The predicted molar refractivity (Wildman–Crippen MR) is 116 cm³/mol. The maximum Gasteiger partial charge on any atom is 0.240 e. The summed E-state index contributed by atoms with van der Waals surface area (Å²) in [7, 11) is -7.59. The molecule has 1 atom stereocenters. The maximum atomic E-state index is 13.1. The van der Waals surface area contributed by atoms with Crippen LogP contribution in [0.5, 0.6) is 0 Å². The molecule has 0 saturated carbocycles. The van der Waals surface area contributed by atoms with E-state index in [2.05, 4.69) is 4.72 Å². The molecule has 0 unspecified atom stereocenters. The van der Waals surface area contributed by atoms with Gasteiger partial charge in [-0.05, 0) is 40.6 Å². The summed E-state index contributed by atoms with van der Waals surface area (Å²) in [6, 6.07) is 18.5. The molecule has 1 aromatic heterocycles. The number of thiophene rings is 1. The number of sulfonamides is 1. The topological polar surface area (TPSA) is 80.3 Å². The standard InChI is InChI=1S/C21H23NO4S3/c1-16(2)17-10-12-19(13-11-17)29(25,26)22-15-20(18-7-4-3-5-8-18)28(23,24)21-9-6-14-27-21/h3-14,16,20,22H,15H2,1-2H3/t20-/m1/s1. The van der Waals surface area contributed by atoms with E-state index in [1.54, 1.807) is 66.0 Å². The van der Waals surface area contributed by atoms with Crippen LogP contribution in [0.4, 0.5) is 0 Å². The number of nitrogens with one attached hydrogen (secondary N) is 1. The average molecular weight is 450 g/mol. The summed E-state index contributed by atoms with van der Waals surface area (Å²) in [5, 5.41) is 0.669. The Morgan fingerprint density at radius 1 is 0.828 bits per heavy atom. The molecule has 0 bridgehead atoms. The normalized spacial score (nSPS) is 13.5. The van der Waals surface area contributed by atoms with Crippen molar-refractivity contribution in [2.45, 2.75) is 34.1 Å². The molecular formula is C21H23NO4S3. The van der Waals surface area contributed by atoms with Gasteiger partial charge in [-0.2, -0.15) is 0 Å². The second kappa shape index (κ2) is 8.79. The summed E-state index contributed by atoms with van der Waals surface area (Å²) in [6.07, 6.45) is 0. The zero-order valence-electron chi connectivity index (χ0n) is 16.1. The highest BCUT2D eigenvalue weighted by Crippen LogP contribution is 2.31. The maximum absolute atomic E-state index is 13.1. The van der Waals surface area contributed by atoms with Crippen molar-refractivity contribution >= 4 is 31.2 Å². The Morgan fingerprint density at radius 3 is 2.03 bits per heavy atom. The predicted octanol–water partition coefficient (Wildman–Crippen LogP) is 4.37. The third kappa shape index (κ3) is 4.95. The van der Waals surface area contributed by atoms with E-state index in [4.69, 9.17) is 0 Å². The largest absolute Gasteiger partial charge is 0.240 e. The van der Waals surface area contributed by atoms with Gasteiger partial charge in [-0.1, -0.05) is 62.4 Å². The van der Waals surface area contributed by atoms with Gasteiger partial charge in [0, 0.05) is 6.54 Å². The fourth-order valence-electron chi connectivity index (χ4n) is 2.94. The molecule has 5 nitrogen and oxygen atoms in total. The van der Waals surface area contributed by atoms with Crippen molar-refractivity contribution in [1.82, 2.24) is 4.72 Å². The van der Waals surface area contributed by atoms with E-state index in [-0.39, 0.29) is 21.6 Å². The first-order valence-corrected chi connectivity index (χ1v) is 13.0. The second-order valence-electron chi connectivity index (χ2n) is 6.95. The minimum absolute atomic E-state index is 0.113. The van der Waals surface area contributed by atoms with E-state index >= 15 is 0 Å². The first-order chi connectivity index (χ1) is 13.7. The van der Waals surface area contributed by atoms with Crippen LogP contribution in [-0.2, 0) is 19.9 Å². The number of sulfone groups is 1. The van der Waals surface area contributed by atoms with E-state index in [9.17, 15) is 16.8 Å². The molecule has 0 saturated heterocycles. The Hall–Kier alpha value is -2.00. The summed E-state index contributed by atoms with van der Waals surface area (Å²) in [5.74, 6) is 0.290. The van der Waals surface area contributed by atoms with Crippen molar-refractivity contribution in [3.05, 3.63) is 83.2 Å². The first kappa shape index (κ1) is 21.7. The Labute approximate surface area is 176 Å². The van der Waals surface area contributed by atoms with E-state index in [0.717, 1.165) is 16.9 Å². The fraction of sp³-hybridized carbons (Fsp3) is 0.238. The molecule has 2 aromatic carbocycles. The molecule has 0 aliphatic carbocycles. The Bertz CT molecular complexity index is 1140. The molecule has 29 heavy (non-hydrogen) atoms. The lowest BCUT2D eigenvalue weighted by molar-refractivity contribution is 0.569. The van der Waals surface area contributed by atoms with Crippen LogP contribution in [0.1, 0.15) is 36.1 Å². The number of hydrogen-bond donors (Lipinski definition) is 1. The van der Waals surface area contributed by atoms with Gasteiger partial charge in [0.05, 0.1) is 4.90 Å². The number of hydrogen-bond acceptors (Lipinski definition) is 5. The summed E-state index contributed by atoms with van der Waals surface area (Å²) >= 11 is 1.12. The van der Waals surface area contributed by atoms with Crippen LogP contribution in [0.25, 0.3) is 0 Å². The van der Waals surface area contributed by atoms with Crippen molar-refractivity contribution in [2.24, 2.45) is 0 Å². The monoisotopic (exact) mass is 449 g/mol. The fourth-order valence-corrected chi connectivity index (χ4v) is 6.96. The zero-order chi connectivity index (χ0) is 21.1. The second-order valence-corrected chi connectivity index (χ2v) is 12.0. The Morgan fingerprint density at radius 2 is 1.48 bits per heavy atom. The van der Waals surface area contributed by atoms with Crippen LogP contribution >= 0.6 is 11.3 Å². The van der Waals surface area contributed by atoms with Crippen LogP contribution in [0.3, 0.4) is 0 Å². The molecule has 3 rings (SSSR count). The number of benzene rings is 2. The van der Waals surface area contributed by atoms with Crippen LogP contribution in [-0.4, -0.2) is 23.4 Å². The van der Waals surface area contributed by atoms with Crippen LogP contribution in [0.15, 0.2) is 81.2 Å². The van der Waals surface area contributed by atoms with E-state index in [0.29, 0.717) is 5.56 Å². The van der Waals surface area contributed by atoms with Gasteiger partial charge >= 0.3 is 0 Å². The van der Waals surface area contributed by atoms with Gasteiger partial charge in [-0.3, -0.25) is 0 Å². The van der Waals surface area contributed by atoms with Gasteiger partial charge < -0.3 is 0 Å². The van der Waals surface area contributed by atoms with Gasteiger partial charge in [0.1, 0.15) is 9.46 Å². The molecule has 1 N–H and O–H groups in total. The van der Waals surface area contributed by atoms with Crippen molar-refractivity contribution in [1.29, 1.82) is 0 Å². The highest BCUT2D eigenvalue weighted by Gasteiger charge is 2.31. The lowest BCUT2D eigenvalue weighted by atomic mass is 10.0. The summed E-state index contributed by atoms with van der Waals surface area (Å²) in [4.78, 5) is 0.113. The van der Waals surface area contributed by atoms with Gasteiger partial charge in [-0.15, -0.1) is 11.3 Å². The van der Waals surface area contributed by atoms with Crippen molar-refractivity contribution in [3.63, 3.8) is 0 Å². The lowest BCUT2D eigenvalue weighted by Gasteiger charge is -2.18. The molecule has 154 valence electrons. The zero-order valence-corrected chi connectivity index (χ0v) is 18.6. The Kier molecular flexibility index (Phi) is 6.58. The molecule has 0 amide bonds. The van der Waals surface area contributed by atoms with E-state index in [1.165, 1.54) is 6.07 Å². The molecule has 8 heteroatoms. The molecule has 3 aromatic rings. The van der Waals surface area contributed by atoms with Crippen molar-refractivity contribution in [3.8, 4) is 0 Å². The van der Waals surface area contributed by atoms with E-state index in [1.807, 2.05) is 13.8 Å². The summed E-state index contributed by atoms with van der Waals surface area (Å²) in [6.45, 7) is 3.81.